The predicted octanol–water partition coefficient (Wildman–Crippen LogP) is 3.83. The zero-order valence-corrected chi connectivity index (χ0v) is 10.8. The second-order valence-corrected chi connectivity index (χ2v) is 4.63. The van der Waals surface area contributed by atoms with Crippen LogP contribution in [0.5, 0.6) is 0 Å². The molecule has 0 amide bonds. The number of fused-ring (bicyclic) bond motifs is 1. The third kappa shape index (κ3) is 1.91. The van der Waals surface area contributed by atoms with Gasteiger partial charge in [-0.2, -0.15) is 0 Å². The molecular weight excluding hydrogens is 260 g/mol. The topological polar surface area (TPSA) is 43.3 Å². The molecule has 0 radical (unpaired) electrons. The first-order valence-corrected chi connectivity index (χ1v) is 6.20. The molecule has 2 N–H and O–H groups in total. The largest absolute Gasteiger partial charge is 0.383 e. The molecule has 2 aromatic heterocycles. The summed E-state index contributed by atoms with van der Waals surface area (Å²) in [4.78, 5) is 4.44. The van der Waals surface area contributed by atoms with E-state index in [9.17, 15) is 8.78 Å². The van der Waals surface area contributed by atoms with E-state index in [1.807, 2.05) is 29.5 Å². The lowest BCUT2D eigenvalue weighted by molar-refractivity contribution is 0.151. The minimum atomic E-state index is -2.50. The number of aromatic nitrogens is 2. The summed E-state index contributed by atoms with van der Waals surface area (Å²) in [5, 5.41) is 0. The molecule has 0 aliphatic heterocycles. The Hall–Kier alpha value is -2.43. The SMILES string of the molecule is Cc1cccc2nc(-c3cccc(C(F)F)c3)c(N)n12. The Kier molecular flexibility index (Phi) is 2.89. The molecule has 0 aliphatic rings. The van der Waals surface area contributed by atoms with Crippen molar-refractivity contribution in [3.05, 3.63) is 53.7 Å². The van der Waals surface area contributed by atoms with E-state index in [0.29, 0.717) is 22.7 Å². The average Bonchev–Trinajstić information content (AvgIpc) is 2.77. The van der Waals surface area contributed by atoms with E-state index in [0.717, 1.165) is 5.69 Å². The normalized spacial score (nSPS) is 11.4. The van der Waals surface area contributed by atoms with Gasteiger partial charge in [-0.25, -0.2) is 13.8 Å². The molecule has 0 bridgehead atoms. The minimum Gasteiger partial charge on any atom is -0.383 e. The summed E-state index contributed by atoms with van der Waals surface area (Å²) in [5.74, 6) is 0.463. The molecule has 2 heterocycles. The highest BCUT2D eigenvalue weighted by atomic mass is 19.3. The summed E-state index contributed by atoms with van der Waals surface area (Å²) in [5.41, 5.74) is 8.87. The Labute approximate surface area is 114 Å². The number of imidazole rings is 1. The van der Waals surface area contributed by atoms with Crippen molar-refractivity contribution < 1.29 is 8.78 Å². The molecule has 20 heavy (non-hydrogen) atoms. The number of nitrogen functional groups attached to an aromatic ring is 1. The van der Waals surface area contributed by atoms with Gasteiger partial charge in [0.1, 0.15) is 17.2 Å². The fourth-order valence-corrected chi connectivity index (χ4v) is 2.32. The summed E-state index contributed by atoms with van der Waals surface area (Å²) in [6.07, 6.45) is -2.50. The molecule has 0 saturated heterocycles. The standard InChI is InChI=1S/C15H13F2N3/c1-9-4-2-7-12-19-13(15(18)20(9)12)10-5-3-6-11(8-10)14(16)17/h2-8,14H,18H2,1H3. The summed E-state index contributed by atoms with van der Waals surface area (Å²) >= 11 is 0. The van der Waals surface area contributed by atoms with Crippen molar-refractivity contribution in [3.8, 4) is 11.3 Å². The average molecular weight is 273 g/mol. The fraction of sp³-hybridized carbons (Fsp3) is 0.133. The Morgan fingerprint density at radius 1 is 1.15 bits per heavy atom. The second kappa shape index (κ2) is 4.59. The maximum absolute atomic E-state index is 12.8. The van der Waals surface area contributed by atoms with E-state index < -0.39 is 6.43 Å². The first-order chi connectivity index (χ1) is 9.58. The second-order valence-electron chi connectivity index (χ2n) is 4.63. The number of hydrogen-bond donors (Lipinski definition) is 1. The monoisotopic (exact) mass is 273 g/mol. The van der Waals surface area contributed by atoms with Gasteiger partial charge in [0.15, 0.2) is 0 Å². The van der Waals surface area contributed by atoms with Crippen LogP contribution in [0.25, 0.3) is 16.9 Å². The molecule has 1 aromatic carbocycles. The van der Waals surface area contributed by atoms with E-state index in [1.54, 1.807) is 12.1 Å². The van der Waals surface area contributed by atoms with E-state index >= 15 is 0 Å². The molecular formula is C15H13F2N3. The van der Waals surface area contributed by atoms with Gasteiger partial charge in [0.05, 0.1) is 0 Å². The third-order valence-corrected chi connectivity index (χ3v) is 3.29. The molecule has 3 rings (SSSR count). The number of rotatable bonds is 2. The van der Waals surface area contributed by atoms with Crippen LogP contribution in [0.1, 0.15) is 17.7 Å². The van der Waals surface area contributed by atoms with Gasteiger partial charge in [0.25, 0.3) is 6.43 Å². The highest BCUT2D eigenvalue weighted by molar-refractivity contribution is 5.75. The lowest BCUT2D eigenvalue weighted by atomic mass is 10.1. The summed E-state index contributed by atoms with van der Waals surface area (Å²) in [7, 11) is 0. The minimum absolute atomic E-state index is 0.0318. The van der Waals surface area contributed by atoms with E-state index in [1.165, 1.54) is 12.1 Å². The number of nitrogens with zero attached hydrogens (tertiary/aromatic N) is 2. The first-order valence-electron chi connectivity index (χ1n) is 6.20. The van der Waals surface area contributed by atoms with Crippen molar-refractivity contribution in [2.75, 3.05) is 5.73 Å². The number of anilines is 1. The number of benzene rings is 1. The number of pyridine rings is 1. The van der Waals surface area contributed by atoms with Crippen molar-refractivity contribution in [3.63, 3.8) is 0 Å². The van der Waals surface area contributed by atoms with Crippen LogP contribution in [-0.2, 0) is 0 Å². The zero-order chi connectivity index (χ0) is 14.3. The molecule has 5 heteroatoms. The van der Waals surface area contributed by atoms with Crippen molar-refractivity contribution in [1.29, 1.82) is 0 Å². The van der Waals surface area contributed by atoms with Gasteiger partial charge in [-0.1, -0.05) is 24.3 Å². The highest BCUT2D eigenvalue weighted by Crippen LogP contribution is 2.30. The van der Waals surface area contributed by atoms with E-state index in [-0.39, 0.29) is 5.56 Å². The lowest BCUT2D eigenvalue weighted by Crippen LogP contribution is -1.97. The maximum Gasteiger partial charge on any atom is 0.263 e. The molecule has 0 fully saturated rings. The fourth-order valence-electron chi connectivity index (χ4n) is 2.32. The van der Waals surface area contributed by atoms with E-state index in [4.69, 9.17) is 5.73 Å². The quantitative estimate of drug-likeness (QED) is 0.771. The van der Waals surface area contributed by atoms with Crippen LogP contribution in [0.15, 0.2) is 42.5 Å². The first kappa shape index (κ1) is 12.6. The summed E-state index contributed by atoms with van der Waals surface area (Å²) in [6, 6.07) is 11.8. The zero-order valence-electron chi connectivity index (χ0n) is 10.8. The third-order valence-electron chi connectivity index (χ3n) is 3.29. The number of hydrogen-bond acceptors (Lipinski definition) is 2. The van der Waals surface area contributed by atoms with Crippen LogP contribution in [0.2, 0.25) is 0 Å². The van der Waals surface area contributed by atoms with Gasteiger partial charge in [-0.15, -0.1) is 0 Å². The van der Waals surface area contributed by atoms with Gasteiger partial charge in [-0.05, 0) is 25.1 Å². The molecule has 0 atom stereocenters. The van der Waals surface area contributed by atoms with Crippen LogP contribution in [-0.4, -0.2) is 9.38 Å². The van der Waals surface area contributed by atoms with Gasteiger partial charge in [0, 0.05) is 16.8 Å². The molecule has 0 spiro atoms. The van der Waals surface area contributed by atoms with Crippen LogP contribution in [0.3, 0.4) is 0 Å². The summed E-state index contributed by atoms with van der Waals surface area (Å²) < 4.78 is 27.4. The Balaban J connectivity index is 2.22. The van der Waals surface area contributed by atoms with Crippen molar-refractivity contribution in [2.24, 2.45) is 0 Å². The Bertz CT molecular complexity index is 778. The molecule has 102 valence electrons. The molecule has 3 nitrogen and oxygen atoms in total. The Morgan fingerprint density at radius 3 is 2.60 bits per heavy atom. The van der Waals surface area contributed by atoms with Crippen molar-refractivity contribution >= 4 is 11.5 Å². The molecule has 3 aromatic rings. The molecule has 0 unspecified atom stereocenters. The van der Waals surface area contributed by atoms with Gasteiger partial charge < -0.3 is 5.73 Å². The summed E-state index contributed by atoms with van der Waals surface area (Å²) in [6.45, 7) is 1.92. The lowest BCUT2D eigenvalue weighted by Gasteiger charge is -2.04. The highest BCUT2D eigenvalue weighted by Gasteiger charge is 2.14. The Morgan fingerprint density at radius 2 is 1.90 bits per heavy atom. The van der Waals surface area contributed by atoms with Gasteiger partial charge >= 0.3 is 0 Å². The van der Waals surface area contributed by atoms with Crippen LogP contribution < -0.4 is 5.73 Å². The van der Waals surface area contributed by atoms with Crippen LogP contribution in [0, 0.1) is 6.92 Å². The van der Waals surface area contributed by atoms with Crippen LogP contribution in [0.4, 0.5) is 14.6 Å². The number of halogens is 2. The number of nitrogens with two attached hydrogens (primary N) is 1. The van der Waals surface area contributed by atoms with E-state index in [2.05, 4.69) is 4.98 Å². The predicted molar refractivity (Wildman–Crippen MR) is 74.7 cm³/mol. The number of aryl methyl sites for hydroxylation is 1. The molecule has 0 aliphatic carbocycles. The van der Waals surface area contributed by atoms with Crippen LogP contribution >= 0.6 is 0 Å². The van der Waals surface area contributed by atoms with Crippen molar-refractivity contribution in [1.82, 2.24) is 9.38 Å². The molecule has 0 saturated carbocycles. The maximum atomic E-state index is 12.8. The smallest absolute Gasteiger partial charge is 0.263 e. The van der Waals surface area contributed by atoms with Crippen molar-refractivity contribution in [2.45, 2.75) is 13.3 Å². The number of alkyl halides is 2. The van der Waals surface area contributed by atoms with Gasteiger partial charge in [0.2, 0.25) is 0 Å². The van der Waals surface area contributed by atoms with Gasteiger partial charge in [-0.3, -0.25) is 4.40 Å².